The molecule has 0 atom stereocenters. The largest absolute Gasteiger partial charge is 0.573 e. The minimum atomic E-state index is -4.81. The van der Waals surface area contributed by atoms with Crippen LogP contribution in [0, 0.1) is 0 Å². The van der Waals surface area contributed by atoms with Crippen LogP contribution in [0.15, 0.2) is 34.9 Å². The minimum Gasteiger partial charge on any atom is -0.489 e. The zero-order valence-electron chi connectivity index (χ0n) is 11.3. The molecule has 124 valence electrons. The van der Waals surface area contributed by atoms with Gasteiger partial charge in [-0.2, -0.15) is 0 Å². The number of rotatable bonds is 5. The van der Waals surface area contributed by atoms with Crippen LogP contribution in [0.25, 0.3) is 0 Å². The van der Waals surface area contributed by atoms with Crippen molar-refractivity contribution in [3.63, 3.8) is 0 Å². The highest BCUT2D eigenvalue weighted by Gasteiger charge is 2.31. The highest BCUT2D eigenvalue weighted by atomic mass is 79.9. The Balaban J connectivity index is 2.14. The molecule has 2 aromatic rings. The summed E-state index contributed by atoms with van der Waals surface area (Å²) in [4.78, 5) is 3.98. The van der Waals surface area contributed by atoms with Gasteiger partial charge in [0.25, 0.3) is 0 Å². The summed E-state index contributed by atoms with van der Waals surface area (Å²) in [5, 5.41) is 0.0554. The molecular formula is C13H10BrClF3N3O2. The van der Waals surface area contributed by atoms with Crippen LogP contribution >= 0.6 is 27.5 Å². The van der Waals surface area contributed by atoms with Crippen LogP contribution in [0.3, 0.4) is 0 Å². The normalized spacial score (nSPS) is 11.2. The monoisotopic (exact) mass is 411 g/mol. The highest BCUT2D eigenvalue weighted by Crippen LogP contribution is 2.31. The summed E-state index contributed by atoms with van der Waals surface area (Å²) in [5.74, 6) is 5.35. The lowest BCUT2D eigenvalue weighted by atomic mass is 10.2. The Kier molecular flexibility index (Phi) is 5.55. The molecule has 0 radical (unpaired) electrons. The van der Waals surface area contributed by atoms with Gasteiger partial charge in [0.2, 0.25) is 0 Å². The van der Waals surface area contributed by atoms with Crippen molar-refractivity contribution in [3.05, 3.63) is 45.5 Å². The van der Waals surface area contributed by atoms with Crippen LogP contribution in [0.2, 0.25) is 5.02 Å². The number of nitrogens with zero attached hydrogens (tertiary/aromatic N) is 1. The van der Waals surface area contributed by atoms with E-state index >= 15 is 0 Å². The summed E-state index contributed by atoms with van der Waals surface area (Å²) in [6.07, 6.45) is -3.29. The zero-order chi connectivity index (χ0) is 17.0. The Labute approximate surface area is 142 Å². The van der Waals surface area contributed by atoms with Gasteiger partial charge in [-0.1, -0.05) is 11.6 Å². The Bertz CT molecular complexity index is 701. The van der Waals surface area contributed by atoms with Crippen LogP contribution in [-0.2, 0) is 6.61 Å². The third kappa shape index (κ3) is 5.45. The molecule has 0 amide bonds. The maximum absolute atomic E-state index is 12.3. The summed E-state index contributed by atoms with van der Waals surface area (Å²) in [5.41, 5.74) is 3.07. The summed E-state index contributed by atoms with van der Waals surface area (Å²) in [7, 11) is 0. The van der Waals surface area contributed by atoms with Crippen molar-refractivity contribution in [2.45, 2.75) is 13.0 Å². The van der Waals surface area contributed by atoms with Gasteiger partial charge in [-0.05, 0) is 34.1 Å². The van der Waals surface area contributed by atoms with Crippen molar-refractivity contribution in [2.75, 3.05) is 5.43 Å². The number of hydrogen-bond acceptors (Lipinski definition) is 5. The van der Waals surface area contributed by atoms with Gasteiger partial charge in [0.1, 0.15) is 23.9 Å². The van der Waals surface area contributed by atoms with Gasteiger partial charge in [0.05, 0.1) is 0 Å². The SMILES string of the molecule is NNc1cc(COc2cc(Cl)cc(OC(F)(F)F)c2)c(Br)cn1. The molecule has 10 heteroatoms. The quantitative estimate of drug-likeness (QED) is 0.567. The molecule has 2 rings (SSSR count). The molecule has 0 saturated heterocycles. The van der Waals surface area contributed by atoms with E-state index in [-0.39, 0.29) is 17.4 Å². The molecule has 0 spiro atoms. The molecule has 1 aromatic carbocycles. The molecule has 1 aromatic heterocycles. The standard InChI is InChI=1S/C13H10BrClF3N3O2/c14-11-5-20-12(21-19)1-7(11)6-22-9-2-8(15)3-10(4-9)23-13(16,17)18/h1-5H,6,19H2,(H,20,21). The Morgan fingerprint density at radius 1 is 1.22 bits per heavy atom. The molecule has 0 aliphatic heterocycles. The fraction of sp³-hybridized carbons (Fsp3) is 0.154. The number of alkyl halides is 3. The predicted octanol–water partition coefficient (Wildman–Crippen LogP) is 4.26. The van der Waals surface area contributed by atoms with Crippen molar-refractivity contribution >= 4 is 33.3 Å². The molecule has 5 nitrogen and oxygen atoms in total. The molecule has 0 aliphatic rings. The first-order valence-corrected chi connectivity index (χ1v) is 7.24. The van der Waals surface area contributed by atoms with Gasteiger partial charge < -0.3 is 14.9 Å². The number of hydrogen-bond donors (Lipinski definition) is 2. The number of nitrogens with one attached hydrogen (secondary N) is 1. The van der Waals surface area contributed by atoms with E-state index in [4.69, 9.17) is 22.2 Å². The Hall–Kier alpha value is -1.71. The molecule has 23 heavy (non-hydrogen) atoms. The van der Waals surface area contributed by atoms with E-state index in [1.54, 1.807) is 6.07 Å². The molecule has 0 fully saturated rings. The first kappa shape index (κ1) is 17.6. The topological polar surface area (TPSA) is 69.4 Å². The van der Waals surface area contributed by atoms with Crippen molar-refractivity contribution in [2.24, 2.45) is 5.84 Å². The van der Waals surface area contributed by atoms with Gasteiger partial charge >= 0.3 is 6.36 Å². The maximum atomic E-state index is 12.3. The molecule has 1 heterocycles. The number of halogens is 5. The number of aromatic nitrogens is 1. The predicted molar refractivity (Wildman–Crippen MR) is 82.2 cm³/mol. The number of hydrazine groups is 1. The van der Waals surface area contributed by atoms with Gasteiger partial charge in [0.15, 0.2) is 0 Å². The van der Waals surface area contributed by atoms with Crippen LogP contribution in [0.1, 0.15) is 5.56 Å². The van der Waals surface area contributed by atoms with Crippen LogP contribution in [0.4, 0.5) is 19.0 Å². The number of nitrogens with two attached hydrogens (primary N) is 1. The average Bonchev–Trinajstić information content (AvgIpc) is 2.44. The zero-order valence-corrected chi connectivity index (χ0v) is 13.7. The smallest absolute Gasteiger partial charge is 0.489 e. The van der Waals surface area contributed by atoms with Gasteiger partial charge in [-0.15, -0.1) is 13.2 Å². The second-order valence-corrected chi connectivity index (χ2v) is 5.56. The van der Waals surface area contributed by atoms with Crippen molar-refractivity contribution < 1.29 is 22.6 Å². The fourth-order valence-electron chi connectivity index (χ4n) is 1.64. The highest BCUT2D eigenvalue weighted by molar-refractivity contribution is 9.10. The summed E-state index contributed by atoms with van der Waals surface area (Å²) >= 11 is 9.06. The molecule has 0 unspecified atom stereocenters. The Morgan fingerprint density at radius 2 is 1.91 bits per heavy atom. The van der Waals surface area contributed by atoms with Crippen LogP contribution in [-0.4, -0.2) is 11.3 Å². The minimum absolute atomic E-state index is 0.0554. The first-order chi connectivity index (χ1) is 10.8. The van der Waals surface area contributed by atoms with Crippen LogP contribution in [0.5, 0.6) is 11.5 Å². The van der Waals surface area contributed by atoms with E-state index in [0.717, 1.165) is 12.1 Å². The number of pyridine rings is 1. The van der Waals surface area contributed by atoms with Crippen molar-refractivity contribution in [1.29, 1.82) is 0 Å². The van der Waals surface area contributed by atoms with Crippen molar-refractivity contribution in [1.82, 2.24) is 4.98 Å². The second kappa shape index (κ2) is 7.24. The number of anilines is 1. The molecule has 0 bridgehead atoms. The molecule has 0 aliphatic carbocycles. The van der Waals surface area contributed by atoms with Crippen molar-refractivity contribution in [3.8, 4) is 11.5 Å². The van der Waals surface area contributed by atoms with E-state index in [9.17, 15) is 13.2 Å². The van der Waals surface area contributed by atoms with E-state index in [1.807, 2.05) is 0 Å². The van der Waals surface area contributed by atoms with Gasteiger partial charge in [-0.3, -0.25) is 0 Å². The number of nitrogen functional groups attached to an aromatic ring is 1. The summed E-state index contributed by atoms with van der Waals surface area (Å²) in [6.45, 7) is 0.0591. The third-order valence-corrected chi connectivity index (χ3v) is 3.49. The lowest BCUT2D eigenvalue weighted by Gasteiger charge is -2.12. The Morgan fingerprint density at radius 3 is 2.57 bits per heavy atom. The van der Waals surface area contributed by atoms with E-state index in [2.05, 4.69) is 31.1 Å². The van der Waals surface area contributed by atoms with E-state index < -0.39 is 12.1 Å². The lowest BCUT2D eigenvalue weighted by Crippen LogP contribution is -2.17. The van der Waals surface area contributed by atoms with E-state index in [1.165, 1.54) is 12.3 Å². The first-order valence-electron chi connectivity index (χ1n) is 6.07. The molecule has 3 N–H and O–H groups in total. The lowest BCUT2D eigenvalue weighted by molar-refractivity contribution is -0.274. The van der Waals surface area contributed by atoms with E-state index in [0.29, 0.717) is 15.9 Å². The molecular weight excluding hydrogens is 403 g/mol. The average molecular weight is 413 g/mol. The maximum Gasteiger partial charge on any atom is 0.573 e. The number of benzene rings is 1. The number of ether oxygens (including phenoxy) is 2. The van der Waals surface area contributed by atoms with Crippen LogP contribution < -0.4 is 20.7 Å². The fourth-order valence-corrected chi connectivity index (χ4v) is 2.19. The summed E-state index contributed by atoms with van der Waals surface area (Å²) in [6, 6.07) is 5.14. The molecule has 0 saturated carbocycles. The third-order valence-electron chi connectivity index (χ3n) is 2.56. The summed E-state index contributed by atoms with van der Waals surface area (Å²) < 4.78 is 46.7. The second-order valence-electron chi connectivity index (χ2n) is 4.26. The van der Waals surface area contributed by atoms with Gasteiger partial charge in [-0.25, -0.2) is 10.8 Å². The van der Waals surface area contributed by atoms with Gasteiger partial charge in [0, 0.05) is 27.3 Å².